The second kappa shape index (κ2) is 17.1. The van der Waals surface area contributed by atoms with Crippen molar-refractivity contribution in [1.82, 2.24) is 0 Å². The van der Waals surface area contributed by atoms with Crippen molar-refractivity contribution in [3.63, 3.8) is 0 Å². The quantitative estimate of drug-likeness (QED) is 0.457. The van der Waals surface area contributed by atoms with Crippen molar-refractivity contribution in [2.24, 2.45) is 0 Å². The number of carbonyl (C=O) groups excluding carboxylic acids is 2. The Morgan fingerprint density at radius 3 is 0.941 bits per heavy atom. The number of hydrogen-bond acceptors (Lipinski definition) is 6. The Morgan fingerprint density at radius 1 is 0.765 bits per heavy atom. The van der Waals surface area contributed by atoms with E-state index in [-0.39, 0.29) is 44.2 Å². The zero-order chi connectivity index (χ0) is 13.7. The van der Waals surface area contributed by atoms with Crippen LogP contribution in [-0.4, -0.2) is 21.8 Å². The summed E-state index contributed by atoms with van der Waals surface area (Å²) < 4.78 is 0. The standard InChI is InChI=1S/2C5H8O2.Mo.O2/c2*1-4(6)3-5(2)7;;1-2/h2*3,6H,1-2H3;;/b2*4-3-;;. The van der Waals surface area contributed by atoms with Gasteiger partial charge in [0.2, 0.25) is 0 Å². The van der Waals surface area contributed by atoms with Crippen molar-refractivity contribution in [2.45, 2.75) is 27.7 Å². The summed E-state index contributed by atoms with van der Waals surface area (Å²) in [7, 11) is 0. The van der Waals surface area contributed by atoms with Crippen LogP contribution in [0.15, 0.2) is 23.7 Å². The maximum absolute atomic E-state index is 10.0. The molecule has 0 saturated carbocycles. The van der Waals surface area contributed by atoms with Gasteiger partial charge in [0.05, 0.1) is 11.5 Å². The molecule has 0 aromatic rings. The van der Waals surface area contributed by atoms with E-state index in [0.717, 1.165) is 0 Å². The second-order valence-electron chi connectivity index (χ2n) is 2.79. The third-order valence-electron chi connectivity index (χ3n) is 0.824. The van der Waals surface area contributed by atoms with E-state index in [4.69, 9.17) is 20.1 Å². The fourth-order valence-corrected chi connectivity index (χ4v) is 0.588. The third-order valence-corrected chi connectivity index (χ3v) is 0.824. The van der Waals surface area contributed by atoms with Crippen LogP contribution in [-0.2, 0) is 30.7 Å². The summed E-state index contributed by atoms with van der Waals surface area (Å²) in [6.45, 7) is 5.70. The molecule has 7 heteroatoms. The maximum atomic E-state index is 10.0. The van der Waals surface area contributed by atoms with Gasteiger partial charge in [-0.15, -0.1) is 0 Å². The zero-order valence-corrected chi connectivity index (χ0v) is 12.1. The summed E-state index contributed by atoms with van der Waals surface area (Å²) in [6, 6.07) is 0. The molecule has 98 valence electrons. The topological polar surface area (TPSA) is 109 Å². The maximum Gasteiger partial charge on any atom is 0.155 e. The SMILES string of the molecule is CC(=O)/C=C(/C)O.CC(=O)/C=C(/C)O.O=O.[Mo]. The molecule has 2 N–H and O–H groups in total. The number of aliphatic hydroxyl groups excluding tert-OH is 2. The molecule has 0 bridgehead atoms. The Labute approximate surface area is 114 Å². The molecule has 6 nitrogen and oxygen atoms in total. The number of allylic oxidation sites excluding steroid dienone is 4. The minimum absolute atomic E-state index is 0. The molecule has 0 spiro atoms. The van der Waals surface area contributed by atoms with Crippen LogP contribution in [0.1, 0.15) is 27.7 Å². The average molecular weight is 328 g/mol. The molecule has 0 saturated heterocycles. The molecule has 0 aliphatic carbocycles. The second-order valence-corrected chi connectivity index (χ2v) is 2.79. The fraction of sp³-hybridized carbons (Fsp3) is 0.400. The van der Waals surface area contributed by atoms with Gasteiger partial charge in [0, 0.05) is 43.1 Å². The third kappa shape index (κ3) is 52.8. The monoisotopic (exact) mass is 330 g/mol. The van der Waals surface area contributed by atoms with E-state index in [1.54, 1.807) is 0 Å². The number of hydrogen-bond donors (Lipinski definition) is 2. The molecule has 0 aromatic heterocycles. The minimum atomic E-state index is -0.125. The van der Waals surface area contributed by atoms with E-state index in [2.05, 4.69) is 0 Å². The number of rotatable bonds is 2. The molecular formula is C10H16MoO6. The van der Waals surface area contributed by atoms with Crippen LogP contribution < -0.4 is 0 Å². The summed E-state index contributed by atoms with van der Waals surface area (Å²) in [5, 5.41) is 16.7. The first kappa shape index (κ1) is 24.8. The van der Waals surface area contributed by atoms with Crippen molar-refractivity contribution in [3.05, 3.63) is 33.6 Å². The van der Waals surface area contributed by atoms with Crippen LogP contribution in [0.4, 0.5) is 0 Å². The molecular weight excluding hydrogens is 312 g/mol. The fourth-order valence-electron chi connectivity index (χ4n) is 0.588. The molecule has 0 aliphatic rings. The Bertz CT molecular complexity index is 247. The number of carbonyl (C=O) groups is 2. The van der Waals surface area contributed by atoms with E-state index < -0.39 is 0 Å². The molecule has 0 aliphatic heterocycles. The molecule has 0 aromatic carbocycles. The van der Waals surface area contributed by atoms with Crippen LogP contribution in [0.2, 0.25) is 0 Å². The van der Waals surface area contributed by atoms with E-state index in [1.165, 1.54) is 39.8 Å². The number of aliphatic hydroxyl groups is 2. The Hall–Kier alpha value is -1.29. The van der Waals surface area contributed by atoms with E-state index in [1.807, 2.05) is 0 Å². The molecule has 0 rings (SSSR count). The number of ketones is 2. The van der Waals surface area contributed by atoms with Crippen molar-refractivity contribution >= 4 is 11.6 Å². The van der Waals surface area contributed by atoms with Gasteiger partial charge in [-0.3, -0.25) is 9.59 Å². The van der Waals surface area contributed by atoms with Crippen LogP contribution in [0.25, 0.3) is 0 Å². The van der Waals surface area contributed by atoms with Crippen molar-refractivity contribution in [3.8, 4) is 0 Å². The minimum Gasteiger partial charge on any atom is -0.512 e. The Kier molecular flexibility index (Phi) is 25.0. The van der Waals surface area contributed by atoms with Crippen LogP contribution in [0, 0.1) is 9.93 Å². The van der Waals surface area contributed by atoms with Gasteiger partial charge in [-0.05, 0) is 27.7 Å². The van der Waals surface area contributed by atoms with Crippen LogP contribution >= 0.6 is 0 Å². The summed E-state index contributed by atoms with van der Waals surface area (Å²) in [5.74, 6) is -0.125. The average Bonchev–Trinajstić information content (AvgIpc) is 2.03. The van der Waals surface area contributed by atoms with Gasteiger partial charge in [0.25, 0.3) is 0 Å². The van der Waals surface area contributed by atoms with Crippen molar-refractivity contribution in [1.29, 1.82) is 0 Å². The normalized spacial score (nSPS) is 9.65. The van der Waals surface area contributed by atoms with Gasteiger partial charge < -0.3 is 10.2 Å². The van der Waals surface area contributed by atoms with Crippen LogP contribution in [0.5, 0.6) is 0 Å². The summed E-state index contributed by atoms with van der Waals surface area (Å²) >= 11 is 0. The first-order valence-corrected chi connectivity index (χ1v) is 4.18. The molecule has 0 amide bonds. The van der Waals surface area contributed by atoms with Gasteiger partial charge in [0.1, 0.15) is 0 Å². The zero-order valence-electron chi connectivity index (χ0n) is 10.1. The Morgan fingerprint density at radius 2 is 0.941 bits per heavy atom. The summed E-state index contributed by atoms with van der Waals surface area (Å²) in [5.41, 5.74) is 0. The predicted molar refractivity (Wildman–Crippen MR) is 60.9 cm³/mol. The van der Waals surface area contributed by atoms with E-state index in [0.29, 0.717) is 0 Å². The molecule has 0 radical (unpaired) electrons. The molecule has 0 heterocycles. The molecule has 0 atom stereocenters. The predicted octanol–water partition coefficient (Wildman–Crippen LogP) is 2.14. The van der Waals surface area contributed by atoms with Gasteiger partial charge in [-0.2, -0.15) is 0 Å². The summed E-state index contributed by atoms with van der Waals surface area (Å²) in [4.78, 5) is 34.0. The first-order chi connectivity index (χ1) is 7.25. The van der Waals surface area contributed by atoms with E-state index >= 15 is 0 Å². The molecule has 0 unspecified atom stereocenters. The smallest absolute Gasteiger partial charge is 0.155 e. The van der Waals surface area contributed by atoms with Crippen LogP contribution in [0.3, 0.4) is 0 Å². The van der Waals surface area contributed by atoms with E-state index in [9.17, 15) is 9.59 Å². The molecule has 0 fully saturated rings. The van der Waals surface area contributed by atoms with Gasteiger partial charge in [-0.25, -0.2) is 0 Å². The van der Waals surface area contributed by atoms with Gasteiger partial charge in [-0.1, -0.05) is 0 Å². The first-order valence-electron chi connectivity index (χ1n) is 4.18. The summed E-state index contributed by atoms with van der Waals surface area (Å²) in [6.07, 6.45) is 2.33. The van der Waals surface area contributed by atoms with Crippen molar-refractivity contribution < 1.29 is 40.9 Å². The van der Waals surface area contributed by atoms with Gasteiger partial charge in [0.15, 0.2) is 11.6 Å². The largest absolute Gasteiger partial charge is 0.512 e. The van der Waals surface area contributed by atoms with Crippen molar-refractivity contribution in [2.75, 3.05) is 0 Å². The van der Waals surface area contributed by atoms with Gasteiger partial charge >= 0.3 is 0 Å². The Balaban J connectivity index is -0.0000000823. The molecule has 17 heavy (non-hydrogen) atoms.